The summed E-state index contributed by atoms with van der Waals surface area (Å²) in [5, 5.41) is 19.0. The molecule has 2 saturated heterocycles. The molecule has 12 nitrogen and oxygen atoms in total. The summed E-state index contributed by atoms with van der Waals surface area (Å²) in [6.07, 6.45) is 6.89. The normalized spacial score (nSPS) is 21.8. The molecule has 3 aromatic heterocycles. The Balaban J connectivity index is 1.21. The number of carbonyl (C=O) groups excluding carboxylic acids is 1. The Morgan fingerprint density at radius 2 is 2.05 bits per heavy atom. The van der Waals surface area contributed by atoms with Crippen molar-refractivity contribution in [1.29, 1.82) is 0 Å². The maximum Gasteiger partial charge on any atom is 0.254 e. The number of hydrogen-bond acceptors (Lipinski definition) is 10. The van der Waals surface area contributed by atoms with Crippen LogP contribution in [0.1, 0.15) is 50.4 Å². The highest BCUT2D eigenvalue weighted by Gasteiger charge is 2.42. The third-order valence-corrected chi connectivity index (χ3v) is 7.42. The SMILES string of the molecule is Cc1cc(NC2CC(C)NN2)nc(N2CCC(O)(C(=O)N(C)[C@@H](C)c3ccc(-n4cccn4)nc3)CC2)n1. The van der Waals surface area contributed by atoms with Gasteiger partial charge in [-0.3, -0.25) is 10.2 Å². The molecule has 3 aromatic rings. The zero-order valence-corrected chi connectivity index (χ0v) is 22.3. The number of aliphatic hydroxyl groups is 1. The van der Waals surface area contributed by atoms with Crippen molar-refractivity contribution in [3.05, 3.63) is 54.1 Å². The molecule has 5 rings (SSSR count). The zero-order valence-electron chi connectivity index (χ0n) is 22.3. The largest absolute Gasteiger partial charge is 0.380 e. The van der Waals surface area contributed by atoms with Crippen LogP contribution in [0, 0.1) is 6.92 Å². The number of pyridine rings is 1. The van der Waals surface area contributed by atoms with Gasteiger partial charge in [0, 0.05) is 69.4 Å². The molecule has 0 radical (unpaired) electrons. The smallest absolute Gasteiger partial charge is 0.254 e. The molecule has 2 fully saturated rings. The Bertz CT molecular complexity index is 1240. The Morgan fingerprint density at radius 1 is 1.26 bits per heavy atom. The predicted molar refractivity (Wildman–Crippen MR) is 143 cm³/mol. The molecule has 2 aliphatic heterocycles. The van der Waals surface area contributed by atoms with E-state index in [0.717, 1.165) is 23.5 Å². The number of nitrogens with one attached hydrogen (secondary N) is 3. The second-order valence-corrected chi connectivity index (χ2v) is 10.3. The topological polar surface area (TPSA) is 136 Å². The monoisotopic (exact) mass is 520 g/mol. The number of piperidine rings is 1. The van der Waals surface area contributed by atoms with E-state index in [2.05, 4.69) is 38.2 Å². The summed E-state index contributed by atoms with van der Waals surface area (Å²) >= 11 is 0. The second-order valence-electron chi connectivity index (χ2n) is 10.3. The van der Waals surface area contributed by atoms with Gasteiger partial charge in [0.05, 0.1) is 12.2 Å². The van der Waals surface area contributed by atoms with Crippen LogP contribution in [-0.4, -0.2) is 78.6 Å². The first-order valence-electron chi connectivity index (χ1n) is 13.1. The summed E-state index contributed by atoms with van der Waals surface area (Å²) in [6.45, 7) is 6.96. The summed E-state index contributed by atoms with van der Waals surface area (Å²) in [5.41, 5.74) is 6.71. The Labute approximate surface area is 222 Å². The molecule has 38 heavy (non-hydrogen) atoms. The highest BCUT2D eigenvalue weighted by Crippen LogP contribution is 2.30. The van der Waals surface area contributed by atoms with Crippen LogP contribution in [0.15, 0.2) is 42.9 Å². The van der Waals surface area contributed by atoms with Crippen molar-refractivity contribution >= 4 is 17.7 Å². The molecule has 4 N–H and O–H groups in total. The van der Waals surface area contributed by atoms with E-state index in [1.165, 1.54) is 0 Å². The number of aryl methyl sites for hydroxylation is 1. The summed E-state index contributed by atoms with van der Waals surface area (Å²) in [4.78, 5) is 30.9. The Hall–Kier alpha value is -3.61. The molecule has 2 unspecified atom stereocenters. The average molecular weight is 521 g/mol. The fourth-order valence-corrected chi connectivity index (χ4v) is 4.96. The first-order valence-corrected chi connectivity index (χ1v) is 13.1. The second kappa shape index (κ2) is 10.6. The molecule has 0 saturated carbocycles. The van der Waals surface area contributed by atoms with Gasteiger partial charge in [0.1, 0.15) is 11.4 Å². The van der Waals surface area contributed by atoms with E-state index in [1.807, 2.05) is 49.2 Å². The molecule has 0 bridgehead atoms. The van der Waals surface area contributed by atoms with E-state index in [4.69, 9.17) is 4.98 Å². The van der Waals surface area contributed by atoms with Gasteiger partial charge in [-0.15, -0.1) is 0 Å². The average Bonchev–Trinajstić information content (AvgIpc) is 3.60. The molecule has 2 aliphatic rings. The standard InChI is InChI=1S/C26H36N10O2/c1-17-14-21(30-22-15-18(2)32-33-22)31-25(29-17)35-12-8-26(38,9-13-35)24(37)34(4)19(3)20-6-7-23(27-16-20)36-11-5-10-28-36/h5-7,10-11,14,16,18-19,22,32-33,38H,8-9,12-13,15H2,1-4H3,(H,29,30,31)/t18?,19-,22?/m0/s1. The van der Waals surface area contributed by atoms with Crippen LogP contribution in [0.5, 0.6) is 0 Å². The molecule has 5 heterocycles. The van der Waals surface area contributed by atoms with Crippen molar-refractivity contribution in [2.75, 3.05) is 30.4 Å². The van der Waals surface area contributed by atoms with Gasteiger partial charge < -0.3 is 20.2 Å². The molecule has 3 atom stereocenters. The molecule has 0 aromatic carbocycles. The maximum absolute atomic E-state index is 13.4. The summed E-state index contributed by atoms with van der Waals surface area (Å²) < 4.78 is 1.68. The molecule has 1 amide bonds. The van der Waals surface area contributed by atoms with Crippen LogP contribution in [0.4, 0.5) is 11.8 Å². The quantitative estimate of drug-likeness (QED) is 0.363. The number of aromatic nitrogens is 5. The van der Waals surface area contributed by atoms with Crippen molar-refractivity contribution in [3.8, 4) is 5.82 Å². The number of hydrazine groups is 1. The van der Waals surface area contributed by atoms with Gasteiger partial charge >= 0.3 is 0 Å². The van der Waals surface area contributed by atoms with Gasteiger partial charge in [0.25, 0.3) is 5.91 Å². The van der Waals surface area contributed by atoms with Crippen LogP contribution in [0.2, 0.25) is 0 Å². The van der Waals surface area contributed by atoms with Crippen molar-refractivity contribution < 1.29 is 9.90 Å². The number of likely N-dealkylation sites (N-methyl/N-ethyl adjacent to an activating group) is 1. The number of rotatable bonds is 7. The number of carbonyl (C=O) groups is 1. The van der Waals surface area contributed by atoms with Crippen LogP contribution in [-0.2, 0) is 4.79 Å². The maximum atomic E-state index is 13.4. The highest BCUT2D eigenvalue weighted by molar-refractivity contribution is 5.85. The van der Waals surface area contributed by atoms with E-state index in [-0.39, 0.29) is 18.1 Å². The molecule has 0 aliphatic carbocycles. The number of hydrogen-bond donors (Lipinski definition) is 4. The lowest BCUT2D eigenvalue weighted by Gasteiger charge is -2.40. The lowest BCUT2D eigenvalue weighted by molar-refractivity contribution is -0.154. The van der Waals surface area contributed by atoms with Crippen LogP contribution >= 0.6 is 0 Å². The van der Waals surface area contributed by atoms with E-state index < -0.39 is 5.60 Å². The van der Waals surface area contributed by atoms with E-state index in [9.17, 15) is 9.90 Å². The van der Waals surface area contributed by atoms with Crippen molar-refractivity contribution in [1.82, 2.24) is 40.5 Å². The van der Waals surface area contributed by atoms with Crippen LogP contribution in [0.3, 0.4) is 0 Å². The molecule has 202 valence electrons. The minimum absolute atomic E-state index is 0.0886. The van der Waals surface area contributed by atoms with Crippen molar-refractivity contribution in [3.63, 3.8) is 0 Å². The van der Waals surface area contributed by atoms with Gasteiger partial charge in [-0.25, -0.2) is 20.1 Å². The molecular formula is C26H36N10O2. The predicted octanol–water partition coefficient (Wildman–Crippen LogP) is 1.54. The molecule has 0 spiro atoms. The summed E-state index contributed by atoms with van der Waals surface area (Å²) in [5.74, 6) is 1.76. The van der Waals surface area contributed by atoms with Crippen LogP contribution in [0.25, 0.3) is 5.82 Å². The van der Waals surface area contributed by atoms with Gasteiger partial charge in [0.15, 0.2) is 5.82 Å². The minimum Gasteiger partial charge on any atom is -0.380 e. The fourth-order valence-electron chi connectivity index (χ4n) is 4.96. The van der Waals surface area contributed by atoms with Gasteiger partial charge in [-0.05, 0) is 44.9 Å². The Morgan fingerprint density at radius 3 is 2.68 bits per heavy atom. The fraction of sp³-hybridized carbons (Fsp3) is 0.500. The third kappa shape index (κ3) is 5.47. The van der Waals surface area contributed by atoms with Gasteiger partial charge in [-0.1, -0.05) is 6.07 Å². The van der Waals surface area contributed by atoms with E-state index >= 15 is 0 Å². The van der Waals surface area contributed by atoms with Gasteiger partial charge in [-0.2, -0.15) is 10.1 Å². The highest BCUT2D eigenvalue weighted by atomic mass is 16.3. The van der Waals surface area contributed by atoms with E-state index in [1.54, 1.807) is 29.0 Å². The first kappa shape index (κ1) is 26.0. The first-order chi connectivity index (χ1) is 18.2. The van der Waals surface area contributed by atoms with E-state index in [0.29, 0.717) is 43.7 Å². The number of nitrogens with zero attached hydrogens (tertiary/aromatic N) is 7. The Kier molecular flexibility index (Phi) is 7.28. The zero-order chi connectivity index (χ0) is 26.9. The lowest BCUT2D eigenvalue weighted by Crippen LogP contribution is -2.54. The summed E-state index contributed by atoms with van der Waals surface area (Å²) in [7, 11) is 1.73. The van der Waals surface area contributed by atoms with Crippen molar-refractivity contribution in [2.24, 2.45) is 0 Å². The minimum atomic E-state index is -1.44. The summed E-state index contributed by atoms with van der Waals surface area (Å²) in [6, 6.07) is 7.69. The lowest BCUT2D eigenvalue weighted by atomic mass is 9.89. The number of amides is 1. The third-order valence-electron chi connectivity index (χ3n) is 7.42. The van der Waals surface area contributed by atoms with Gasteiger partial charge in [0.2, 0.25) is 5.95 Å². The molecular weight excluding hydrogens is 484 g/mol. The molecule has 12 heteroatoms. The van der Waals surface area contributed by atoms with Crippen LogP contribution < -0.4 is 21.1 Å². The van der Waals surface area contributed by atoms with Crippen molar-refractivity contribution in [2.45, 2.75) is 63.9 Å². The number of anilines is 2.